The third-order valence-corrected chi connectivity index (χ3v) is 5.62. The maximum Gasteiger partial charge on any atom is 0.226 e. The third-order valence-electron chi connectivity index (χ3n) is 5.62. The van der Waals surface area contributed by atoms with Crippen LogP contribution in [0.5, 0.6) is 0 Å². The molecule has 1 atom stereocenters. The van der Waals surface area contributed by atoms with Gasteiger partial charge in [0.25, 0.3) is 0 Å². The van der Waals surface area contributed by atoms with Crippen molar-refractivity contribution in [3.63, 3.8) is 0 Å². The topological polar surface area (TPSA) is 40.6 Å². The fourth-order valence-corrected chi connectivity index (χ4v) is 3.87. The summed E-state index contributed by atoms with van der Waals surface area (Å²) >= 11 is 0. The maximum absolute atomic E-state index is 12.6. The Morgan fingerprint density at radius 3 is 2.46 bits per heavy atom. The summed E-state index contributed by atoms with van der Waals surface area (Å²) in [4.78, 5) is 28.2. The van der Waals surface area contributed by atoms with E-state index in [0.29, 0.717) is 18.9 Å². The van der Waals surface area contributed by atoms with Crippen LogP contribution in [0.2, 0.25) is 0 Å². The minimum atomic E-state index is -0.0884. The molecule has 24 heavy (non-hydrogen) atoms. The molecule has 2 fully saturated rings. The van der Waals surface area contributed by atoms with E-state index in [2.05, 4.69) is 30.3 Å². The van der Waals surface area contributed by atoms with Gasteiger partial charge in [0.15, 0.2) is 0 Å². The molecule has 4 heteroatoms. The molecule has 3 rings (SSSR count). The number of piperidine rings is 2. The van der Waals surface area contributed by atoms with Crippen LogP contribution in [0.15, 0.2) is 30.3 Å². The summed E-state index contributed by atoms with van der Waals surface area (Å²) in [6, 6.07) is 10.6. The molecule has 0 aliphatic carbocycles. The summed E-state index contributed by atoms with van der Waals surface area (Å²) in [7, 11) is 1.82. The summed E-state index contributed by atoms with van der Waals surface area (Å²) in [6.45, 7) is 2.43. The Morgan fingerprint density at radius 1 is 1.08 bits per heavy atom. The number of aryl methyl sites for hydroxylation is 1. The van der Waals surface area contributed by atoms with Gasteiger partial charge < -0.3 is 9.80 Å². The Morgan fingerprint density at radius 2 is 1.79 bits per heavy atom. The largest absolute Gasteiger partial charge is 0.346 e. The van der Waals surface area contributed by atoms with Crippen molar-refractivity contribution in [2.75, 3.05) is 26.7 Å². The molecule has 1 aromatic carbocycles. The average molecular weight is 328 g/mol. The Bertz CT molecular complexity index is 564. The van der Waals surface area contributed by atoms with Crippen molar-refractivity contribution < 1.29 is 9.59 Å². The summed E-state index contributed by atoms with van der Waals surface area (Å²) in [5.41, 5.74) is 1.40. The molecular formula is C20H28N2O2. The maximum atomic E-state index is 12.6. The molecule has 0 spiro atoms. The molecule has 0 bridgehead atoms. The first kappa shape index (κ1) is 17.0. The normalized spacial score (nSPS) is 22.7. The monoisotopic (exact) mass is 328 g/mol. The summed E-state index contributed by atoms with van der Waals surface area (Å²) in [5, 5.41) is 0. The highest BCUT2D eigenvalue weighted by Crippen LogP contribution is 2.26. The third kappa shape index (κ3) is 4.16. The number of nitrogens with zero attached hydrogens (tertiary/aromatic N) is 2. The van der Waals surface area contributed by atoms with Crippen LogP contribution in [-0.4, -0.2) is 48.3 Å². The summed E-state index contributed by atoms with van der Waals surface area (Å²) < 4.78 is 0. The van der Waals surface area contributed by atoms with Gasteiger partial charge in [0, 0.05) is 39.0 Å². The number of amides is 2. The van der Waals surface area contributed by atoms with Crippen LogP contribution in [0.3, 0.4) is 0 Å². The van der Waals surface area contributed by atoms with Gasteiger partial charge in [0.05, 0.1) is 0 Å². The van der Waals surface area contributed by atoms with Crippen LogP contribution < -0.4 is 0 Å². The van der Waals surface area contributed by atoms with Crippen molar-refractivity contribution in [3.8, 4) is 0 Å². The second-order valence-electron chi connectivity index (χ2n) is 7.30. The molecular weight excluding hydrogens is 300 g/mol. The van der Waals surface area contributed by atoms with E-state index in [0.717, 1.165) is 38.8 Å². The number of benzene rings is 1. The highest BCUT2D eigenvalue weighted by molar-refractivity contribution is 5.86. The summed E-state index contributed by atoms with van der Waals surface area (Å²) in [5.74, 6) is 0.943. The van der Waals surface area contributed by atoms with E-state index in [1.165, 1.54) is 12.0 Å². The fraction of sp³-hybridized carbons (Fsp3) is 0.600. The van der Waals surface area contributed by atoms with Crippen LogP contribution >= 0.6 is 0 Å². The zero-order chi connectivity index (χ0) is 16.9. The van der Waals surface area contributed by atoms with Crippen molar-refractivity contribution in [1.29, 1.82) is 0 Å². The van der Waals surface area contributed by atoms with Gasteiger partial charge in [-0.25, -0.2) is 0 Å². The molecule has 2 saturated heterocycles. The lowest BCUT2D eigenvalue weighted by Gasteiger charge is -2.36. The minimum absolute atomic E-state index is 0.0884. The highest BCUT2D eigenvalue weighted by atomic mass is 16.2. The molecule has 0 radical (unpaired) electrons. The van der Waals surface area contributed by atoms with Gasteiger partial charge >= 0.3 is 0 Å². The Balaban J connectivity index is 1.43. The van der Waals surface area contributed by atoms with Crippen molar-refractivity contribution in [2.45, 2.75) is 38.5 Å². The van der Waals surface area contributed by atoms with Crippen LogP contribution in [0.1, 0.15) is 37.7 Å². The first-order valence-corrected chi connectivity index (χ1v) is 9.20. The van der Waals surface area contributed by atoms with E-state index in [9.17, 15) is 9.59 Å². The first-order valence-electron chi connectivity index (χ1n) is 9.20. The smallest absolute Gasteiger partial charge is 0.226 e. The zero-order valence-electron chi connectivity index (χ0n) is 14.6. The molecule has 0 aromatic heterocycles. The Kier molecular flexibility index (Phi) is 5.54. The Hall–Kier alpha value is -1.84. The standard InChI is InChI=1S/C20H28N2O2/c1-21-12-11-18(15-19(21)23)20(24)22-13-9-17(10-14-22)8-7-16-5-3-2-4-6-16/h2-6,17-18H,7-15H2,1H3/t18-/m0/s1. The number of hydrogen-bond acceptors (Lipinski definition) is 2. The molecule has 1 aromatic rings. The van der Waals surface area contributed by atoms with Crippen molar-refractivity contribution >= 4 is 11.8 Å². The number of likely N-dealkylation sites (tertiary alicyclic amines) is 2. The minimum Gasteiger partial charge on any atom is -0.346 e. The lowest BCUT2D eigenvalue weighted by molar-refractivity contribution is -0.145. The predicted octanol–water partition coefficient (Wildman–Crippen LogP) is 2.73. The highest BCUT2D eigenvalue weighted by Gasteiger charge is 2.33. The molecule has 2 aliphatic heterocycles. The average Bonchev–Trinajstić information content (AvgIpc) is 2.63. The van der Waals surface area contributed by atoms with E-state index in [4.69, 9.17) is 0 Å². The van der Waals surface area contributed by atoms with E-state index in [1.807, 2.05) is 11.9 Å². The molecule has 4 nitrogen and oxygen atoms in total. The predicted molar refractivity (Wildman–Crippen MR) is 94.4 cm³/mol. The second-order valence-corrected chi connectivity index (χ2v) is 7.30. The van der Waals surface area contributed by atoms with E-state index < -0.39 is 0 Å². The molecule has 0 saturated carbocycles. The van der Waals surface area contributed by atoms with Crippen LogP contribution in [-0.2, 0) is 16.0 Å². The van der Waals surface area contributed by atoms with Crippen LogP contribution in [0.4, 0.5) is 0 Å². The van der Waals surface area contributed by atoms with Crippen LogP contribution in [0.25, 0.3) is 0 Å². The van der Waals surface area contributed by atoms with Gasteiger partial charge in [0.1, 0.15) is 0 Å². The molecule has 0 unspecified atom stereocenters. The molecule has 2 aliphatic rings. The fourth-order valence-electron chi connectivity index (χ4n) is 3.87. The van der Waals surface area contributed by atoms with Gasteiger partial charge in [-0.2, -0.15) is 0 Å². The second kappa shape index (κ2) is 7.82. The van der Waals surface area contributed by atoms with Gasteiger partial charge in [-0.1, -0.05) is 30.3 Å². The zero-order valence-corrected chi connectivity index (χ0v) is 14.6. The van der Waals surface area contributed by atoms with Gasteiger partial charge in [0.2, 0.25) is 11.8 Å². The van der Waals surface area contributed by atoms with Gasteiger partial charge in [-0.05, 0) is 43.6 Å². The van der Waals surface area contributed by atoms with Crippen molar-refractivity contribution in [2.24, 2.45) is 11.8 Å². The SMILES string of the molecule is CN1CC[C@H](C(=O)N2CCC(CCc3ccccc3)CC2)CC1=O. The lowest BCUT2D eigenvalue weighted by Crippen LogP contribution is -2.46. The lowest BCUT2D eigenvalue weighted by atomic mass is 9.89. The molecule has 2 heterocycles. The number of carbonyl (C=O) groups is 2. The number of carbonyl (C=O) groups excluding carboxylic acids is 2. The number of rotatable bonds is 4. The number of hydrogen-bond donors (Lipinski definition) is 0. The van der Waals surface area contributed by atoms with E-state index in [1.54, 1.807) is 4.90 Å². The molecule has 2 amide bonds. The Labute approximate surface area is 144 Å². The van der Waals surface area contributed by atoms with Crippen molar-refractivity contribution in [1.82, 2.24) is 9.80 Å². The molecule has 0 N–H and O–H groups in total. The van der Waals surface area contributed by atoms with Crippen molar-refractivity contribution in [3.05, 3.63) is 35.9 Å². The molecule has 130 valence electrons. The van der Waals surface area contributed by atoms with Crippen LogP contribution in [0, 0.1) is 11.8 Å². The van der Waals surface area contributed by atoms with E-state index in [-0.39, 0.29) is 17.7 Å². The quantitative estimate of drug-likeness (QED) is 0.853. The summed E-state index contributed by atoms with van der Waals surface area (Å²) in [6.07, 6.45) is 5.73. The first-order chi connectivity index (χ1) is 11.6. The van der Waals surface area contributed by atoms with Gasteiger partial charge in [-0.3, -0.25) is 9.59 Å². The van der Waals surface area contributed by atoms with Gasteiger partial charge in [-0.15, -0.1) is 0 Å². The van der Waals surface area contributed by atoms with E-state index >= 15 is 0 Å².